The molecule has 0 aliphatic carbocycles. The van der Waals surface area contributed by atoms with Crippen LogP contribution >= 0.6 is 0 Å². The normalized spacial score (nSPS) is 18.7. The van der Waals surface area contributed by atoms with Crippen molar-refractivity contribution < 1.29 is 32.2 Å². The van der Waals surface area contributed by atoms with E-state index < -0.39 is 52.2 Å². The molecule has 0 bridgehead atoms. The fourth-order valence-corrected chi connectivity index (χ4v) is 5.84. The Labute approximate surface area is 198 Å². The van der Waals surface area contributed by atoms with Gasteiger partial charge in [-0.25, -0.2) is 17.2 Å². The lowest BCUT2D eigenvalue weighted by Gasteiger charge is -2.30. The number of hydrogen-bond donors (Lipinski definition) is 4. The number of fused-ring (bicyclic) bond motifs is 1. The van der Waals surface area contributed by atoms with E-state index in [9.17, 15) is 27.1 Å². The highest BCUT2D eigenvalue weighted by Crippen LogP contribution is 2.29. The molecule has 0 spiro atoms. The largest absolute Gasteiger partial charge is 0.396 e. The van der Waals surface area contributed by atoms with Gasteiger partial charge < -0.3 is 20.8 Å². The van der Waals surface area contributed by atoms with Crippen molar-refractivity contribution in [2.24, 2.45) is 0 Å². The topological polar surface area (TPSA) is 116 Å². The van der Waals surface area contributed by atoms with Crippen LogP contribution in [-0.4, -0.2) is 55.6 Å². The number of aliphatic hydroxyl groups is 2. The second kappa shape index (κ2) is 11.4. The van der Waals surface area contributed by atoms with Crippen molar-refractivity contribution in [3.63, 3.8) is 0 Å². The number of sulfone groups is 1. The maximum Gasteiger partial charge on any atom is 0.222 e. The van der Waals surface area contributed by atoms with Crippen LogP contribution in [-0.2, 0) is 33.2 Å². The lowest BCUT2D eigenvalue weighted by atomic mass is 9.97. The van der Waals surface area contributed by atoms with Crippen LogP contribution in [0.15, 0.2) is 36.4 Å². The van der Waals surface area contributed by atoms with E-state index in [2.05, 4.69) is 10.6 Å². The van der Waals surface area contributed by atoms with Gasteiger partial charge in [0.1, 0.15) is 11.6 Å². The van der Waals surface area contributed by atoms with E-state index in [0.717, 1.165) is 35.7 Å². The number of rotatable bonds is 10. The highest BCUT2D eigenvalue weighted by atomic mass is 32.2. The third-order valence-corrected chi connectivity index (χ3v) is 7.48. The van der Waals surface area contributed by atoms with Gasteiger partial charge in [-0.3, -0.25) is 4.79 Å². The fourth-order valence-electron chi connectivity index (χ4n) is 4.18. The number of nitrogens with one attached hydrogen (secondary N) is 2. The van der Waals surface area contributed by atoms with Gasteiger partial charge in [-0.1, -0.05) is 25.1 Å². The minimum absolute atomic E-state index is 0.0436. The van der Waals surface area contributed by atoms with Crippen LogP contribution in [0.2, 0.25) is 0 Å². The van der Waals surface area contributed by atoms with Gasteiger partial charge in [0.2, 0.25) is 5.91 Å². The average Bonchev–Trinajstić information content (AvgIpc) is 2.75. The van der Waals surface area contributed by atoms with E-state index in [1.165, 1.54) is 0 Å². The van der Waals surface area contributed by atoms with Gasteiger partial charge >= 0.3 is 0 Å². The standard InChI is InChI=1S/C24H30F2N2O5S/c1-2-15-3-4-17-13-34(32,33)14-22(20(17)9-15)27-12-23(30)21(28-24(31)5-6-29)10-16-7-18(25)11-19(26)8-16/h3-4,7-9,11,21-23,27,29-30H,2,5-6,10,12-14H2,1H3,(H,28,31). The minimum Gasteiger partial charge on any atom is -0.396 e. The van der Waals surface area contributed by atoms with Crippen LogP contribution < -0.4 is 10.6 Å². The van der Waals surface area contributed by atoms with Gasteiger partial charge in [-0.15, -0.1) is 0 Å². The lowest BCUT2D eigenvalue weighted by molar-refractivity contribution is -0.123. The predicted molar refractivity (Wildman–Crippen MR) is 124 cm³/mol. The molecule has 0 aromatic heterocycles. The van der Waals surface area contributed by atoms with Crippen molar-refractivity contribution in [1.29, 1.82) is 0 Å². The third kappa shape index (κ3) is 7.05. The molecule has 0 fully saturated rings. The molecular weight excluding hydrogens is 466 g/mol. The van der Waals surface area contributed by atoms with Crippen LogP contribution in [0.3, 0.4) is 0 Å². The highest BCUT2D eigenvalue weighted by molar-refractivity contribution is 7.90. The summed E-state index contributed by atoms with van der Waals surface area (Å²) in [6.45, 7) is 1.54. The van der Waals surface area contributed by atoms with Gasteiger partial charge in [0.25, 0.3) is 0 Å². The molecule has 3 rings (SSSR count). The van der Waals surface area contributed by atoms with Crippen LogP contribution in [0.5, 0.6) is 0 Å². The van der Waals surface area contributed by atoms with Crippen LogP contribution in [0.25, 0.3) is 0 Å². The number of carbonyl (C=O) groups excluding carboxylic acids is 1. The number of halogens is 2. The molecule has 1 aliphatic rings. The number of hydrogen-bond acceptors (Lipinski definition) is 6. The van der Waals surface area contributed by atoms with Crippen LogP contribution in [0.1, 0.15) is 41.6 Å². The molecule has 3 unspecified atom stereocenters. The first-order chi connectivity index (χ1) is 16.1. The summed E-state index contributed by atoms with van der Waals surface area (Å²) < 4.78 is 52.1. The van der Waals surface area contributed by atoms with Crippen molar-refractivity contribution in [1.82, 2.24) is 10.6 Å². The third-order valence-electron chi connectivity index (χ3n) is 5.89. The molecule has 0 radical (unpaired) electrons. The van der Waals surface area contributed by atoms with E-state index in [0.29, 0.717) is 5.56 Å². The highest BCUT2D eigenvalue weighted by Gasteiger charge is 2.31. The maximum atomic E-state index is 13.6. The number of aliphatic hydroxyl groups excluding tert-OH is 2. The Balaban J connectivity index is 1.78. The molecule has 1 aliphatic heterocycles. The quantitative estimate of drug-likeness (QED) is 0.397. The monoisotopic (exact) mass is 496 g/mol. The van der Waals surface area contributed by atoms with Crippen molar-refractivity contribution in [2.45, 2.75) is 50.1 Å². The molecule has 10 heteroatoms. The Bertz CT molecular complexity index is 1110. The Morgan fingerprint density at radius 3 is 2.50 bits per heavy atom. The molecule has 34 heavy (non-hydrogen) atoms. The van der Waals surface area contributed by atoms with Crippen LogP contribution in [0, 0.1) is 11.6 Å². The van der Waals surface area contributed by atoms with E-state index in [1.807, 2.05) is 25.1 Å². The van der Waals surface area contributed by atoms with Gasteiger partial charge in [-0.05, 0) is 47.2 Å². The molecule has 2 aromatic rings. The smallest absolute Gasteiger partial charge is 0.222 e. The number of benzene rings is 2. The SMILES string of the molecule is CCc1ccc2c(c1)C(NCC(O)C(Cc1cc(F)cc(F)c1)NC(=O)CCO)CS(=O)(=O)C2. The van der Waals surface area contributed by atoms with E-state index >= 15 is 0 Å². The van der Waals surface area contributed by atoms with Crippen LogP contribution in [0.4, 0.5) is 8.78 Å². The summed E-state index contributed by atoms with van der Waals surface area (Å²) in [4.78, 5) is 12.1. The molecule has 1 heterocycles. The molecule has 0 saturated heterocycles. The van der Waals surface area contributed by atoms with Crippen molar-refractivity contribution in [2.75, 3.05) is 18.9 Å². The van der Waals surface area contributed by atoms with Gasteiger partial charge in [0.15, 0.2) is 9.84 Å². The summed E-state index contributed by atoms with van der Waals surface area (Å²) in [5.74, 6) is -2.26. The first-order valence-electron chi connectivity index (χ1n) is 11.2. The predicted octanol–water partition coefficient (Wildman–Crippen LogP) is 1.56. The van der Waals surface area contributed by atoms with Crippen molar-refractivity contribution >= 4 is 15.7 Å². The molecule has 0 saturated carbocycles. The summed E-state index contributed by atoms with van der Waals surface area (Å²) in [7, 11) is -3.34. The molecule has 4 N–H and O–H groups in total. The Morgan fingerprint density at radius 2 is 1.85 bits per heavy atom. The number of amides is 1. The molecule has 1 amide bonds. The molecule has 2 aromatic carbocycles. The number of carbonyl (C=O) groups is 1. The van der Waals surface area contributed by atoms with E-state index in [1.54, 1.807) is 0 Å². The average molecular weight is 497 g/mol. The first-order valence-corrected chi connectivity index (χ1v) is 13.0. The molecule has 3 atom stereocenters. The second-order valence-corrected chi connectivity index (χ2v) is 10.7. The van der Waals surface area contributed by atoms with E-state index in [-0.39, 0.29) is 36.5 Å². The summed E-state index contributed by atoms with van der Waals surface area (Å²) in [6, 6.07) is 7.17. The summed E-state index contributed by atoms with van der Waals surface area (Å²) in [6.07, 6.45) is -0.661. The second-order valence-electron chi connectivity index (χ2n) is 8.60. The zero-order chi connectivity index (χ0) is 24.9. The van der Waals surface area contributed by atoms with Gasteiger partial charge in [0, 0.05) is 25.1 Å². The first kappa shape index (κ1) is 26.2. The van der Waals surface area contributed by atoms with Crippen molar-refractivity contribution in [3.8, 4) is 0 Å². The maximum absolute atomic E-state index is 13.6. The molecule has 7 nitrogen and oxygen atoms in total. The molecular formula is C24H30F2N2O5S. The van der Waals surface area contributed by atoms with Gasteiger partial charge in [-0.2, -0.15) is 0 Å². The van der Waals surface area contributed by atoms with Crippen molar-refractivity contribution in [3.05, 3.63) is 70.3 Å². The summed E-state index contributed by atoms with van der Waals surface area (Å²) in [5, 5.41) is 25.6. The van der Waals surface area contributed by atoms with Gasteiger partial charge in [0.05, 0.1) is 30.3 Å². The van der Waals surface area contributed by atoms with E-state index in [4.69, 9.17) is 5.11 Å². The Hall–Kier alpha value is -2.40. The molecule has 186 valence electrons. The number of aryl methyl sites for hydroxylation is 1. The zero-order valence-corrected chi connectivity index (χ0v) is 19.7. The minimum atomic E-state index is -3.34. The summed E-state index contributed by atoms with van der Waals surface area (Å²) >= 11 is 0. The zero-order valence-electron chi connectivity index (χ0n) is 18.9. The summed E-state index contributed by atoms with van der Waals surface area (Å²) in [5.41, 5.74) is 2.87. The lowest BCUT2D eigenvalue weighted by Crippen LogP contribution is -2.50. The Kier molecular flexibility index (Phi) is 8.75. The Morgan fingerprint density at radius 1 is 1.15 bits per heavy atom. The fraction of sp³-hybridized carbons (Fsp3) is 0.458.